The van der Waals surface area contributed by atoms with E-state index in [0.717, 1.165) is 19.8 Å². The van der Waals surface area contributed by atoms with E-state index in [0.29, 0.717) is 12.0 Å². The van der Waals surface area contributed by atoms with Crippen LogP contribution in [0.2, 0.25) is 0 Å². The summed E-state index contributed by atoms with van der Waals surface area (Å²) in [4.78, 5) is 4.03. The average molecular weight is 220 g/mol. The van der Waals surface area contributed by atoms with Gasteiger partial charge in [-0.25, -0.2) is 0 Å². The zero-order chi connectivity index (χ0) is 11.2. The Morgan fingerprint density at radius 3 is 3.00 bits per heavy atom. The number of hydrogen-bond acceptors (Lipinski definition) is 3. The minimum Gasteiger partial charge on any atom is -0.381 e. The third-order valence-electron chi connectivity index (χ3n) is 3.17. The predicted molar refractivity (Wildman–Crippen MR) is 64.2 cm³/mol. The van der Waals surface area contributed by atoms with Crippen LogP contribution >= 0.6 is 0 Å². The lowest BCUT2D eigenvalue weighted by Crippen LogP contribution is -2.30. The SMILES string of the molecule is C[C@@H](NCC1CCCOC1)c1ccncc1. The number of ether oxygens (including phenoxy) is 1. The van der Waals surface area contributed by atoms with Crippen LogP contribution in [-0.2, 0) is 4.74 Å². The standard InChI is InChI=1S/C13H20N2O/c1-11(13-4-6-14-7-5-13)15-9-12-3-2-8-16-10-12/h4-7,11-12,15H,2-3,8-10H2,1H3/t11-,12?/m1/s1. The van der Waals surface area contributed by atoms with Crippen LogP contribution in [0, 0.1) is 5.92 Å². The van der Waals surface area contributed by atoms with Gasteiger partial charge in [0, 0.05) is 31.6 Å². The molecular formula is C13H20N2O. The summed E-state index contributed by atoms with van der Waals surface area (Å²) in [6.45, 7) is 5.09. The summed E-state index contributed by atoms with van der Waals surface area (Å²) in [6.07, 6.45) is 6.18. The monoisotopic (exact) mass is 220 g/mol. The van der Waals surface area contributed by atoms with Crippen molar-refractivity contribution in [3.63, 3.8) is 0 Å². The lowest BCUT2D eigenvalue weighted by Gasteiger charge is -2.24. The molecule has 1 aliphatic heterocycles. The third kappa shape index (κ3) is 3.29. The summed E-state index contributed by atoms with van der Waals surface area (Å²) in [6, 6.07) is 4.52. The fraction of sp³-hybridized carbons (Fsp3) is 0.615. The highest BCUT2D eigenvalue weighted by Gasteiger charge is 2.14. The van der Waals surface area contributed by atoms with E-state index in [1.807, 2.05) is 12.4 Å². The van der Waals surface area contributed by atoms with Crippen molar-refractivity contribution in [1.29, 1.82) is 0 Å². The molecule has 1 fully saturated rings. The van der Waals surface area contributed by atoms with Crippen molar-refractivity contribution in [2.24, 2.45) is 5.92 Å². The molecule has 88 valence electrons. The van der Waals surface area contributed by atoms with Crippen LogP contribution in [0.25, 0.3) is 0 Å². The molecule has 2 rings (SSSR count). The molecule has 16 heavy (non-hydrogen) atoms. The molecule has 2 heterocycles. The molecule has 1 saturated heterocycles. The Labute approximate surface area is 97.2 Å². The number of hydrogen-bond donors (Lipinski definition) is 1. The summed E-state index contributed by atoms with van der Waals surface area (Å²) in [5.41, 5.74) is 1.30. The summed E-state index contributed by atoms with van der Waals surface area (Å²) in [5, 5.41) is 3.56. The van der Waals surface area contributed by atoms with Crippen LogP contribution < -0.4 is 5.32 Å². The molecule has 0 aliphatic carbocycles. The van der Waals surface area contributed by atoms with E-state index < -0.39 is 0 Å². The minimum atomic E-state index is 0.393. The molecule has 0 saturated carbocycles. The lowest BCUT2D eigenvalue weighted by atomic mass is 10.0. The number of rotatable bonds is 4. The first-order valence-corrected chi connectivity index (χ1v) is 6.07. The van der Waals surface area contributed by atoms with Gasteiger partial charge < -0.3 is 10.1 Å². The number of nitrogens with one attached hydrogen (secondary N) is 1. The van der Waals surface area contributed by atoms with Crippen LogP contribution in [0.3, 0.4) is 0 Å². The zero-order valence-corrected chi connectivity index (χ0v) is 9.86. The highest BCUT2D eigenvalue weighted by atomic mass is 16.5. The Morgan fingerprint density at radius 1 is 1.50 bits per heavy atom. The van der Waals surface area contributed by atoms with Gasteiger partial charge in [-0.15, -0.1) is 0 Å². The van der Waals surface area contributed by atoms with Crippen molar-refractivity contribution in [1.82, 2.24) is 10.3 Å². The van der Waals surface area contributed by atoms with Crippen molar-refractivity contribution in [3.8, 4) is 0 Å². The Hall–Kier alpha value is -0.930. The van der Waals surface area contributed by atoms with Crippen molar-refractivity contribution in [3.05, 3.63) is 30.1 Å². The van der Waals surface area contributed by atoms with Gasteiger partial charge in [-0.05, 0) is 43.4 Å². The van der Waals surface area contributed by atoms with Gasteiger partial charge in [0.2, 0.25) is 0 Å². The topological polar surface area (TPSA) is 34.1 Å². The molecule has 1 unspecified atom stereocenters. The molecule has 1 aromatic rings. The highest BCUT2D eigenvalue weighted by molar-refractivity contribution is 5.13. The second-order valence-corrected chi connectivity index (χ2v) is 4.49. The first-order valence-electron chi connectivity index (χ1n) is 6.07. The van der Waals surface area contributed by atoms with E-state index in [2.05, 4.69) is 29.4 Å². The molecule has 1 aromatic heterocycles. The quantitative estimate of drug-likeness (QED) is 0.844. The smallest absolute Gasteiger partial charge is 0.0506 e. The fourth-order valence-corrected chi connectivity index (χ4v) is 2.08. The summed E-state index contributed by atoms with van der Waals surface area (Å²) >= 11 is 0. The van der Waals surface area contributed by atoms with E-state index in [1.54, 1.807) is 0 Å². The fourth-order valence-electron chi connectivity index (χ4n) is 2.08. The molecule has 3 heteroatoms. The van der Waals surface area contributed by atoms with E-state index >= 15 is 0 Å². The van der Waals surface area contributed by atoms with Crippen LogP contribution in [0.4, 0.5) is 0 Å². The summed E-state index contributed by atoms with van der Waals surface area (Å²) in [7, 11) is 0. The normalized spacial score (nSPS) is 22.9. The first kappa shape index (κ1) is 11.6. The minimum absolute atomic E-state index is 0.393. The molecular weight excluding hydrogens is 200 g/mol. The van der Waals surface area contributed by atoms with Gasteiger partial charge in [0.05, 0.1) is 6.61 Å². The maximum Gasteiger partial charge on any atom is 0.0506 e. The molecule has 3 nitrogen and oxygen atoms in total. The van der Waals surface area contributed by atoms with Crippen LogP contribution in [0.15, 0.2) is 24.5 Å². The van der Waals surface area contributed by atoms with Crippen LogP contribution in [0.5, 0.6) is 0 Å². The van der Waals surface area contributed by atoms with Gasteiger partial charge in [0.25, 0.3) is 0 Å². The zero-order valence-electron chi connectivity index (χ0n) is 9.86. The third-order valence-corrected chi connectivity index (χ3v) is 3.17. The Bertz CT molecular complexity index is 296. The van der Waals surface area contributed by atoms with Crippen LogP contribution in [-0.4, -0.2) is 24.7 Å². The van der Waals surface area contributed by atoms with E-state index in [1.165, 1.54) is 18.4 Å². The number of pyridine rings is 1. The lowest BCUT2D eigenvalue weighted by molar-refractivity contribution is 0.0540. The number of nitrogens with zero attached hydrogens (tertiary/aromatic N) is 1. The molecule has 1 aliphatic rings. The Morgan fingerprint density at radius 2 is 2.31 bits per heavy atom. The van der Waals surface area contributed by atoms with Gasteiger partial charge >= 0.3 is 0 Å². The molecule has 1 N–H and O–H groups in total. The Kier molecular flexibility index (Phi) is 4.31. The molecule has 0 spiro atoms. The Balaban J connectivity index is 1.77. The second-order valence-electron chi connectivity index (χ2n) is 4.49. The average Bonchev–Trinajstić information content (AvgIpc) is 2.38. The maximum atomic E-state index is 5.47. The molecule has 2 atom stereocenters. The molecule has 0 amide bonds. The first-order chi connectivity index (χ1) is 7.86. The van der Waals surface area contributed by atoms with Gasteiger partial charge in [-0.1, -0.05) is 0 Å². The van der Waals surface area contributed by atoms with Crippen molar-refractivity contribution < 1.29 is 4.74 Å². The summed E-state index contributed by atoms with van der Waals surface area (Å²) in [5.74, 6) is 0.679. The van der Waals surface area contributed by atoms with Crippen molar-refractivity contribution >= 4 is 0 Å². The van der Waals surface area contributed by atoms with E-state index in [9.17, 15) is 0 Å². The van der Waals surface area contributed by atoms with Gasteiger partial charge in [0.1, 0.15) is 0 Å². The van der Waals surface area contributed by atoms with Gasteiger partial charge in [-0.3, -0.25) is 4.98 Å². The second kappa shape index (κ2) is 5.97. The molecule has 0 aromatic carbocycles. The van der Waals surface area contributed by atoms with Gasteiger partial charge in [-0.2, -0.15) is 0 Å². The summed E-state index contributed by atoms with van der Waals surface area (Å²) < 4.78 is 5.47. The molecule has 0 radical (unpaired) electrons. The van der Waals surface area contributed by atoms with Gasteiger partial charge in [0.15, 0.2) is 0 Å². The van der Waals surface area contributed by atoms with E-state index in [-0.39, 0.29) is 0 Å². The largest absolute Gasteiger partial charge is 0.381 e. The maximum absolute atomic E-state index is 5.47. The predicted octanol–water partition coefficient (Wildman–Crippen LogP) is 2.16. The van der Waals surface area contributed by atoms with E-state index in [4.69, 9.17) is 4.74 Å². The van der Waals surface area contributed by atoms with Crippen molar-refractivity contribution in [2.75, 3.05) is 19.8 Å². The highest BCUT2D eigenvalue weighted by Crippen LogP contribution is 2.15. The molecule has 0 bridgehead atoms. The van der Waals surface area contributed by atoms with Crippen molar-refractivity contribution in [2.45, 2.75) is 25.8 Å². The number of aromatic nitrogens is 1. The van der Waals surface area contributed by atoms with Crippen LogP contribution in [0.1, 0.15) is 31.4 Å².